The summed E-state index contributed by atoms with van der Waals surface area (Å²) in [6.07, 6.45) is 4.63. The van der Waals surface area contributed by atoms with E-state index in [-0.39, 0.29) is 12.1 Å². The number of aromatic nitrogens is 2. The van der Waals surface area contributed by atoms with E-state index >= 15 is 0 Å². The van der Waals surface area contributed by atoms with Crippen LogP contribution in [0.25, 0.3) is 0 Å². The molecule has 1 saturated carbocycles. The summed E-state index contributed by atoms with van der Waals surface area (Å²) in [5.74, 6) is 1.29. The van der Waals surface area contributed by atoms with Crippen molar-refractivity contribution < 1.29 is 9.84 Å². The Morgan fingerprint density at radius 2 is 2.35 bits per heavy atom. The van der Waals surface area contributed by atoms with Gasteiger partial charge in [-0.1, -0.05) is 18.0 Å². The molecule has 6 heteroatoms. The minimum atomic E-state index is -0.186. The Labute approximate surface area is 124 Å². The van der Waals surface area contributed by atoms with Crippen LogP contribution in [0.1, 0.15) is 25.1 Å². The second-order valence-corrected chi connectivity index (χ2v) is 6.22. The van der Waals surface area contributed by atoms with Gasteiger partial charge >= 0.3 is 0 Å². The lowest BCUT2D eigenvalue weighted by molar-refractivity contribution is -0.0547. The molecule has 0 unspecified atom stereocenters. The molecule has 0 spiro atoms. The van der Waals surface area contributed by atoms with Crippen LogP contribution in [-0.2, 0) is 18.3 Å². The first-order valence-corrected chi connectivity index (χ1v) is 7.70. The maximum atomic E-state index is 10.2. The van der Waals surface area contributed by atoms with Crippen LogP contribution in [0.3, 0.4) is 0 Å². The minimum Gasteiger partial charge on any atom is -0.393 e. The van der Waals surface area contributed by atoms with Crippen molar-refractivity contribution in [1.82, 2.24) is 14.5 Å². The number of aliphatic hydroxyl groups is 1. The smallest absolute Gasteiger partial charge is 0.128 e. The Morgan fingerprint density at radius 3 is 3.00 bits per heavy atom. The normalized spacial score (nSPS) is 31.9. The fraction of sp³-hybridized carbons (Fsp3) is 0.786. The second kappa shape index (κ2) is 6.02. The van der Waals surface area contributed by atoms with Crippen molar-refractivity contribution in [2.24, 2.45) is 13.0 Å². The van der Waals surface area contributed by atoms with Crippen LogP contribution in [-0.4, -0.2) is 51.5 Å². The zero-order chi connectivity index (χ0) is 14.1. The number of aliphatic hydroxyl groups excluding tert-OH is 1. The van der Waals surface area contributed by atoms with Crippen molar-refractivity contribution in [2.75, 3.05) is 19.8 Å². The first-order chi connectivity index (χ1) is 9.66. The molecule has 2 aliphatic rings. The van der Waals surface area contributed by atoms with E-state index in [1.165, 1.54) is 0 Å². The number of ether oxygens (including phenoxy) is 1. The predicted octanol–water partition coefficient (Wildman–Crippen LogP) is 1.44. The van der Waals surface area contributed by atoms with Gasteiger partial charge in [0.1, 0.15) is 11.0 Å². The minimum absolute atomic E-state index is 0.186. The highest BCUT2D eigenvalue weighted by molar-refractivity contribution is 6.29. The summed E-state index contributed by atoms with van der Waals surface area (Å²) in [5.41, 5.74) is 0. The summed E-state index contributed by atoms with van der Waals surface area (Å²) in [6, 6.07) is 0.289. The summed E-state index contributed by atoms with van der Waals surface area (Å²) >= 11 is 6.05. The fourth-order valence-corrected chi connectivity index (χ4v) is 3.56. The van der Waals surface area contributed by atoms with E-state index in [4.69, 9.17) is 16.3 Å². The van der Waals surface area contributed by atoms with E-state index < -0.39 is 0 Å². The van der Waals surface area contributed by atoms with Gasteiger partial charge < -0.3 is 14.4 Å². The lowest BCUT2D eigenvalue weighted by atomic mass is 9.94. The Balaban J connectivity index is 1.73. The number of hydrogen-bond donors (Lipinski definition) is 1. The van der Waals surface area contributed by atoms with Gasteiger partial charge in [0.2, 0.25) is 0 Å². The van der Waals surface area contributed by atoms with Gasteiger partial charge in [0.05, 0.1) is 32.1 Å². The van der Waals surface area contributed by atoms with Crippen molar-refractivity contribution in [3.8, 4) is 0 Å². The second-order valence-electron chi connectivity index (χ2n) is 5.83. The topological polar surface area (TPSA) is 50.5 Å². The van der Waals surface area contributed by atoms with E-state index in [1.807, 2.05) is 11.6 Å². The third kappa shape index (κ3) is 2.72. The molecule has 1 aromatic heterocycles. The van der Waals surface area contributed by atoms with Gasteiger partial charge in [-0.25, -0.2) is 4.98 Å². The van der Waals surface area contributed by atoms with Crippen molar-refractivity contribution in [3.05, 3.63) is 17.2 Å². The van der Waals surface area contributed by atoms with Gasteiger partial charge in [-0.05, 0) is 12.8 Å². The number of morpholine rings is 1. The highest BCUT2D eigenvalue weighted by Crippen LogP contribution is 2.32. The standard InChI is InChI=1S/C14H22ClN3O2/c1-17-13(15)7-16-14(17)8-18-5-6-20-9-11(18)10-3-2-4-12(10)19/h7,10-12,19H,2-6,8-9H2,1H3/t10-,11+,12-/m0/s1. The predicted molar refractivity (Wildman–Crippen MR) is 76.6 cm³/mol. The molecule has 3 atom stereocenters. The molecule has 0 radical (unpaired) electrons. The molecular weight excluding hydrogens is 278 g/mol. The van der Waals surface area contributed by atoms with Gasteiger partial charge in [0.25, 0.3) is 0 Å². The largest absolute Gasteiger partial charge is 0.393 e. The average molecular weight is 300 g/mol. The monoisotopic (exact) mass is 299 g/mol. The number of rotatable bonds is 3. The van der Waals surface area contributed by atoms with Crippen LogP contribution in [0, 0.1) is 5.92 Å². The molecule has 1 aliphatic heterocycles. The third-order valence-corrected chi connectivity index (χ3v) is 5.03. The SMILES string of the molecule is Cn1c(Cl)cnc1CN1CCOC[C@@H]1[C@@H]1CCC[C@@H]1O. The van der Waals surface area contributed by atoms with E-state index in [9.17, 15) is 5.11 Å². The summed E-state index contributed by atoms with van der Waals surface area (Å²) in [5, 5.41) is 10.8. The van der Waals surface area contributed by atoms with Gasteiger partial charge in [0.15, 0.2) is 0 Å². The van der Waals surface area contributed by atoms with Gasteiger partial charge in [-0.2, -0.15) is 0 Å². The molecule has 112 valence electrons. The summed E-state index contributed by atoms with van der Waals surface area (Å²) < 4.78 is 7.56. The van der Waals surface area contributed by atoms with Crippen LogP contribution >= 0.6 is 11.6 Å². The Kier molecular flexibility index (Phi) is 4.31. The van der Waals surface area contributed by atoms with Gasteiger partial charge in [-0.3, -0.25) is 4.90 Å². The quantitative estimate of drug-likeness (QED) is 0.917. The first kappa shape index (κ1) is 14.3. The molecule has 1 aromatic rings. The molecule has 3 rings (SSSR count). The van der Waals surface area contributed by atoms with E-state index in [2.05, 4.69) is 9.88 Å². The van der Waals surface area contributed by atoms with E-state index in [1.54, 1.807) is 6.20 Å². The van der Waals surface area contributed by atoms with Gasteiger partial charge in [0, 0.05) is 25.6 Å². The molecule has 0 amide bonds. The van der Waals surface area contributed by atoms with Crippen molar-refractivity contribution >= 4 is 11.6 Å². The Bertz CT molecular complexity index is 465. The molecule has 0 bridgehead atoms. The molecule has 5 nitrogen and oxygen atoms in total. The summed E-state index contributed by atoms with van der Waals surface area (Å²) in [4.78, 5) is 6.77. The zero-order valence-electron chi connectivity index (χ0n) is 11.8. The van der Waals surface area contributed by atoms with Gasteiger partial charge in [-0.15, -0.1) is 0 Å². The molecule has 1 N–H and O–H groups in total. The highest BCUT2D eigenvalue weighted by atomic mass is 35.5. The number of hydrogen-bond acceptors (Lipinski definition) is 4. The van der Waals surface area contributed by atoms with Crippen LogP contribution in [0.5, 0.6) is 0 Å². The molecule has 1 aliphatic carbocycles. The molecule has 20 heavy (non-hydrogen) atoms. The van der Waals surface area contributed by atoms with Crippen LogP contribution < -0.4 is 0 Å². The zero-order valence-corrected chi connectivity index (χ0v) is 12.6. The number of imidazole rings is 1. The molecule has 2 heterocycles. The van der Waals surface area contributed by atoms with Crippen molar-refractivity contribution in [1.29, 1.82) is 0 Å². The van der Waals surface area contributed by atoms with Crippen LogP contribution in [0.15, 0.2) is 6.20 Å². The average Bonchev–Trinajstić information content (AvgIpc) is 3.00. The molecule has 0 aromatic carbocycles. The Hall–Kier alpha value is -0.620. The van der Waals surface area contributed by atoms with Crippen LogP contribution in [0.4, 0.5) is 0 Å². The van der Waals surface area contributed by atoms with Crippen molar-refractivity contribution in [3.63, 3.8) is 0 Å². The third-order valence-electron chi connectivity index (χ3n) is 4.68. The maximum absolute atomic E-state index is 10.2. The highest BCUT2D eigenvalue weighted by Gasteiger charge is 2.37. The van der Waals surface area contributed by atoms with E-state index in [0.29, 0.717) is 17.7 Å². The molecule has 1 saturated heterocycles. The lowest BCUT2D eigenvalue weighted by Gasteiger charge is -2.39. The molecule has 2 fully saturated rings. The first-order valence-electron chi connectivity index (χ1n) is 7.33. The summed E-state index contributed by atoms with van der Waals surface area (Å²) in [6.45, 7) is 3.11. The Morgan fingerprint density at radius 1 is 1.50 bits per heavy atom. The van der Waals surface area contributed by atoms with E-state index in [0.717, 1.165) is 44.8 Å². The number of halogens is 1. The summed E-state index contributed by atoms with van der Waals surface area (Å²) in [7, 11) is 1.94. The number of nitrogens with zero attached hydrogens (tertiary/aromatic N) is 3. The molecular formula is C14H22ClN3O2. The van der Waals surface area contributed by atoms with Crippen molar-refractivity contribution in [2.45, 2.75) is 38.0 Å². The fourth-order valence-electron chi connectivity index (χ4n) is 3.42. The maximum Gasteiger partial charge on any atom is 0.128 e. The van der Waals surface area contributed by atoms with Crippen LogP contribution in [0.2, 0.25) is 5.15 Å². The lowest BCUT2D eigenvalue weighted by Crippen LogP contribution is -2.50.